The number of rotatable bonds is 2. The van der Waals surface area contributed by atoms with E-state index in [1.807, 2.05) is 0 Å². The molecule has 136 valence electrons. The molecule has 0 N–H and O–H groups in total. The predicted octanol–water partition coefficient (Wildman–Crippen LogP) is 5.77. The van der Waals surface area contributed by atoms with E-state index in [2.05, 4.69) is 86.5 Å². The van der Waals surface area contributed by atoms with Crippen LogP contribution in [-0.4, -0.2) is 28.2 Å². The van der Waals surface area contributed by atoms with Gasteiger partial charge in [0.05, 0.1) is 0 Å². The van der Waals surface area contributed by atoms with Crippen LogP contribution in [0.1, 0.15) is 17.5 Å². The molecular formula is C25H26N2. The van der Waals surface area contributed by atoms with Crippen LogP contribution in [0.3, 0.4) is 0 Å². The summed E-state index contributed by atoms with van der Waals surface area (Å²) in [5.41, 5.74) is 5.73. The molecule has 4 aromatic carbocycles. The Morgan fingerprint density at radius 3 is 2.04 bits per heavy atom. The van der Waals surface area contributed by atoms with Crippen molar-refractivity contribution in [2.75, 3.05) is 38.0 Å². The zero-order valence-corrected chi connectivity index (χ0v) is 16.6. The van der Waals surface area contributed by atoms with Crippen LogP contribution in [0.4, 0.5) is 11.4 Å². The maximum Gasteiger partial charge on any atom is 0.0447 e. The number of nitrogens with zero attached hydrogens (tertiary/aromatic N) is 2. The zero-order valence-electron chi connectivity index (χ0n) is 16.6. The second-order valence-corrected chi connectivity index (χ2v) is 8.20. The summed E-state index contributed by atoms with van der Waals surface area (Å²) in [4.78, 5) is 4.51. The molecule has 27 heavy (non-hydrogen) atoms. The Balaban J connectivity index is 2.08. The van der Waals surface area contributed by atoms with Gasteiger partial charge in [0.25, 0.3) is 0 Å². The van der Waals surface area contributed by atoms with Crippen molar-refractivity contribution in [3.63, 3.8) is 0 Å². The minimum Gasteiger partial charge on any atom is -0.377 e. The molecule has 0 saturated heterocycles. The number of hydrogen-bond donors (Lipinski definition) is 0. The van der Waals surface area contributed by atoms with Crippen molar-refractivity contribution < 1.29 is 0 Å². The Bertz CT molecular complexity index is 1200. The van der Waals surface area contributed by atoms with Gasteiger partial charge in [-0.05, 0) is 64.1 Å². The highest BCUT2D eigenvalue weighted by Gasteiger charge is 2.20. The fraction of sp³-hybridized carbons (Fsp3) is 0.280. The average Bonchev–Trinajstić information content (AvgIpc) is 3.14. The first kappa shape index (κ1) is 16.4. The first-order chi connectivity index (χ1) is 13.1. The van der Waals surface area contributed by atoms with Gasteiger partial charge < -0.3 is 9.80 Å². The molecular weight excluding hydrogens is 328 g/mol. The van der Waals surface area contributed by atoms with Crippen molar-refractivity contribution in [3.05, 3.63) is 59.7 Å². The average molecular weight is 354 g/mol. The van der Waals surface area contributed by atoms with Gasteiger partial charge >= 0.3 is 0 Å². The van der Waals surface area contributed by atoms with E-state index in [9.17, 15) is 0 Å². The Morgan fingerprint density at radius 2 is 1.30 bits per heavy atom. The molecule has 0 unspecified atom stereocenters. The molecule has 5 rings (SSSR count). The molecule has 0 atom stereocenters. The van der Waals surface area contributed by atoms with Gasteiger partial charge in [0.2, 0.25) is 0 Å². The van der Waals surface area contributed by atoms with Gasteiger partial charge in [-0.1, -0.05) is 36.4 Å². The van der Waals surface area contributed by atoms with Gasteiger partial charge in [-0.15, -0.1) is 0 Å². The molecule has 0 amide bonds. The molecule has 0 aliphatic heterocycles. The lowest BCUT2D eigenvalue weighted by molar-refractivity contribution is 0.913. The molecule has 0 aromatic heterocycles. The van der Waals surface area contributed by atoms with Crippen molar-refractivity contribution in [2.24, 2.45) is 0 Å². The SMILES string of the molecule is CN(C)c1cc2c(cc(N(C)C)c3ccc4c(c32)CCC4)c2ccccc12. The predicted molar refractivity (Wildman–Crippen MR) is 120 cm³/mol. The van der Waals surface area contributed by atoms with E-state index in [1.165, 1.54) is 63.0 Å². The Morgan fingerprint density at radius 1 is 0.630 bits per heavy atom. The lowest BCUT2D eigenvalue weighted by Crippen LogP contribution is -2.11. The van der Waals surface area contributed by atoms with E-state index < -0.39 is 0 Å². The van der Waals surface area contributed by atoms with Crippen molar-refractivity contribution in [3.8, 4) is 0 Å². The number of hydrogen-bond acceptors (Lipinski definition) is 2. The number of aryl methyl sites for hydroxylation is 2. The molecule has 4 aromatic rings. The fourth-order valence-electron chi connectivity index (χ4n) is 4.88. The van der Waals surface area contributed by atoms with Crippen LogP contribution in [0.25, 0.3) is 32.3 Å². The fourth-order valence-corrected chi connectivity index (χ4v) is 4.88. The van der Waals surface area contributed by atoms with E-state index >= 15 is 0 Å². The first-order valence-electron chi connectivity index (χ1n) is 9.84. The summed E-state index contributed by atoms with van der Waals surface area (Å²) in [6, 6.07) is 18.3. The lowest BCUT2D eigenvalue weighted by atomic mass is 9.90. The number of anilines is 2. The Hall–Kier alpha value is -2.74. The van der Waals surface area contributed by atoms with Crippen LogP contribution < -0.4 is 9.80 Å². The smallest absolute Gasteiger partial charge is 0.0447 e. The summed E-state index contributed by atoms with van der Waals surface area (Å²) >= 11 is 0. The van der Waals surface area contributed by atoms with E-state index in [0.29, 0.717) is 0 Å². The van der Waals surface area contributed by atoms with Crippen LogP contribution in [0.15, 0.2) is 48.5 Å². The first-order valence-corrected chi connectivity index (χ1v) is 9.84. The van der Waals surface area contributed by atoms with Crippen LogP contribution in [-0.2, 0) is 12.8 Å². The summed E-state index contributed by atoms with van der Waals surface area (Å²) in [7, 11) is 8.61. The van der Waals surface area contributed by atoms with Crippen LogP contribution in [0.2, 0.25) is 0 Å². The Labute approximate surface area is 161 Å². The van der Waals surface area contributed by atoms with Crippen molar-refractivity contribution in [1.82, 2.24) is 0 Å². The van der Waals surface area contributed by atoms with Crippen LogP contribution in [0, 0.1) is 0 Å². The molecule has 0 fully saturated rings. The monoisotopic (exact) mass is 354 g/mol. The molecule has 0 radical (unpaired) electrons. The van der Waals surface area contributed by atoms with E-state index in [1.54, 1.807) is 11.1 Å². The van der Waals surface area contributed by atoms with E-state index in [-0.39, 0.29) is 0 Å². The number of fused-ring (bicyclic) bond motifs is 7. The second kappa shape index (κ2) is 5.88. The minimum absolute atomic E-state index is 1.20. The van der Waals surface area contributed by atoms with Crippen LogP contribution >= 0.6 is 0 Å². The van der Waals surface area contributed by atoms with Gasteiger partial charge in [-0.3, -0.25) is 0 Å². The van der Waals surface area contributed by atoms with Crippen molar-refractivity contribution >= 4 is 43.7 Å². The van der Waals surface area contributed by atoms with E-state index in [4.69, 9.17) is 0 Å². The quantitative estimate of drug-likeness (QED) is 0.422. The van der Waals surface area contributed by atoms with Gasteiger partial charge in [0.1, 0.15) is 0 Å². The summed E-state index contributed by atoms with van der Waals surface area (Å²) in [5, 5.41) is 8.29. The molecule has 1 aliphatic rings. The molecule has 2 nitrogen and oxygen atoms in total. The lowest BCUT2D eigenvalue weighted by Gasteiger charge is -2.23. The van der Waals surface area contributed by atoms with Gasteiger partial charge in [-0.25, -0.2) is 0 Å². The summed E-state index contributed by atoms with van der Waals surface area (Å²) in [6.07, 6.45) is 3.69. The number of benzene rings is 4. The minimum atomic E-state index is 1.20. The molecule has 0 bridgehead atoms. The van der Waals surface area contributed by atoms with Crippen molar-refractivity contribution in [1.29, 1.82) is 0 Å². The van der Waals surface area contributed by atoms with Crippen LogP contribution in [0.5, 0.6) is 0 Å². The summed E-state index contributed by atoms with van der Waals surface area (Å²) in [5.74, 6) is 0. The summed E-state index contributed by atoms with van der Waals surface area (Å²) < 4.78 is 0. The van der Waals surface area contributed by atoms with Gasteiger partial charge in [-0.2, -0.15) is 0 Å². The largest absolute Gasteiger partial charge is 0.377 e. The zero-order chi connectivity index (χ0) is 18.7. The maximum absolute atomic E-state index is 2.41. The molecule has 0 spiro atoms. The van der Waals surface area contributed by atoms with Gasteiger partial charge in [0.15, 0.2) is 0 Å². The molecule has 1 aliphatic carbocycles. The third kappa shape index (κ3) is 2.32. The Kier molecular flexibility index (Phi) is 3.58. The molecule has 0 saturated carbocycles. The standard InChI is InChI=1S/C25H26N2/c1-26(2)23-15-22-21(18-9-5-6-10-19(18)23)14-24(27(3)4)20-13-12-16-8-7-11-17(16)25(20)22/h5-6,9-10,12-15H,7-8,11H2,1-4H3. The molecule has 2 heteroatoms. The topological polar surface area (TPSA) is 6.48 Å². The highest BCUT2D eigenvalue weighted by molar-refractivity contribution is 6.24. The molecule has 0 heterocycles. The van der Waals surface area contributed by atoms with E-state index in [0.717, 1.165) is 0 Å². The second-order valence-electron chi connectivity index (χ2n) is 8.20. The normalized spacial score (nSPS) is 13.5. The maximum atomic E-state index is 2.41. The third-order valence-electron chi connectivity index (χ3n) is 6.14. The highest BCUT2D eigenvalue weighted by Crippen LogP contribution is 2.43. The van der Waals surface area contributed by atoms with Gasteiger partial charge in [0, 0.05) is 50.3 Å². The highest BCUT2D eigenvalue weighted by atomic mass is 15.1. The third-order valence-corrected chi connectivity index (χ3v) is 6.14. The van der Waals surface area contributed by atoms with Crippen molar-refractivity contribution in [2.45, 2.75) is 19.3 Å². The summed E-state index contributed by atoms with van der Waals surface area (Å²) in [6.45, 7) is 0.